The molecule has 1 saturated heterocycles. The molecule has 1 aliphatic rings. The Bertz CT molecular complexity index is 910. The molecule has 0 aromatic heterocycles. The monoisotopic (exact) mass is 406 g/mol. The highest BCUT2D eigenvalue weighted by Gasteiger charge is 2.17. The number of para-hydroxylation sites is 1. The Hall–Kier alpha value is -3.30. The number of nitrogens with zero attached hydrogens (tertiary/aromatic N) is 1. The van der Waals surface area contributed by atoms with E-state index in [1.807, 2.05) is 49.4 Å². The Morgan fingerprint density at radius 3 is 2.67 bits per heavy atom. The number of carbonyl (C=O) groups excluding carboxylic acids is 1. The van der Waals surface area contributed by atoms with Crippen molar-refractivity contribution in [3.05, 3.63) is 65.2 Å². The Balaban J connectivity index is 1.46. The van der Waals surface area contributed by atoms with Gasteiger partial charge in [0.15, 0.2) is 0 Å². The first-order valence-electron chi connectivity index (χ1n) is 10.1. The summed E-state index contributed by atoms with van der Waals surface area (Å²) in [7, 11) is 0. The van der Waals surface area contributed by atoms with E-state index >= 15 is 0 Å². The van der Waals surface area contributed by atoms with Crippen molar-refractivity contribution in [3.63, 3.8) is 0 Å². The minimum absolute atomic E-state index is 0.0418. The SMILES string of the molecule is Cc1ccccc1OCCOc1ccc(/C=C(\C#N)C(=O)NC[C@H]2CCCO2)cc1. The van der Waals surface area contributed by atoms with Gasteiger partial charge in [-0.15, -0.1) is 0 Å². The Labute approximate surface area is 177 Å². The van der Waals surface area contributed by atoms with Crippen LogP contribution in [0.1, 0.15) is 24.0 Å². The summed E-state index contributed by atoms with van der Waals surface area (Å²) in [5.74, 6) is 1.16. The van der Waals surface area contributed by atoms with Crippen molar-refractivity contribution in [2.45, 2.75) is 25.9 Å². The van der Waals surface area contributed by atoms with E-state index in [1.165, 1.54) is 0 Å². The molecule has 0 aliphatic carbocycles. The molecule has 2 aromatic rings. The maximum absolute atomic E-state index is 12.2. The maximum atomic E-state index is 12.2. The van der Waals surface area contributed by atoms with Gasteiger partial charge >= 0.3 is 0 Å². The quantitative estimate of drug-likeness (QED) is 0.391. The number of carbonyl (C=O) groups is 1. The molecule has 1 aliphatic heterocycles. The van der Waals surface area contributed by atoms with Gasteiger partial charge in [-0.25, -0.2) is 0 Å². The number of nitriles is 1. The maximum Gasteiger partial charge on any atom is 0.262 e. The van der Waals surface area contributed by atoms with Gasteiger partial charge in [-0.05, 0) is 55.2 Å². The van der Waals surface area contributed by atoms with Crippen LogP contribution in [0.3, 0.4) is 0 Å². The molecule has 0 spiro atoms. The summed E-state index contributed by atoms with van der Waals surface area (Å²) in [6, 6.07) is 17.0. The number of benzene rings is 2. The molecule has 30 heavy (non-hydrogen) atoms. The Morgan fingerprint density at radius 1 is 1.20 bits per heavy atom. The number of hydrogen-bond acceptors (Lipinski definition) is 5. The summed E-state index contributed by atoms with van der Waals surface area (Å²) < 4.78 is 16.9. The van der Waals surface area contributed by atoms with Crippen molar-refractivity contribution < 1.29 is 19.0 Å². The van der Waals surface area contributed by atoms with Crippen LogP contribution in [-0.4, -0.2) is 38.4 Å². The number of aryl methyl sites for hydroxylation is 1. The standard InChI is InChI=1S/C24H26N2O4/c1-18-5-2-3-7-23(18)30-14-13-29-21-10-8-19(9-11-21)15-20(16-25)24(27)26-17-22-6-4-12-28-22/h2-3,5,7-11,15,22H,4,6,12-14,17H2,1H3,(H,26,27)/b20-15+/t22-/m1/s1. The fourth-order valence-corrected chi connectivity index (χ4v) is 3.11. The summed E-state index contributed by atoms with van der Waals surface area (Å²) in [6.07, 6.45) is 3.55. The van der Waals surface area contributed by atoms with Crippen molar-refractivity contribution in [1.29, 1.82) is 5.26 Å². The molecule has 2 aromatic carbocycles. The van der Waals surface area contributed by atoms with E-state index < -0.39 is 0 Å². The average Bonchev–Trinajstić information content (AvgIpc) is 3.29. The number of rotatable bonds is 9. The second kappa shape index (κ2) is 11.0. The molecular weight excluding hydrogens is 380 g/mol. The molecule has 0 radical (unpaired) electrons. The third-order valence-electron chi connectivity index (χ3n) is 4.77. The first-order valence-corrected chi connectivity index (χ1v) is 10.1. The number of hydrogen-bond donors (Lipinski definition) is 1. The highest BCUT2D eigenvalue weighted by molar-refractivity contribution is 6.01. The highest BCUT2D eigenvalue weighted by Crippen LogP contribution is 2.17. The van der Waals surface area contributed by atoms with E-state index in [1.54, 1.807) is 18.2 Å². The smallest absolute Gasteiger partial charge is 0.262 e. The van der Waals surface area contributed by atoms with Gasteiger partial charge in [0.05, 0.1) is 6.10 Å². The topological polar surface area (TPSA) is 80.6 Å². The minimum atomic E-state index is -0.387. The van der Waals surface area contributed by atoms with E-state index in [2.05, 4.69) is 5.32 Å². The molecular formula is C24H26N2O4. The van der Waals surface area contributed by atoms with Gasteiger partial charge in [0.1, 0.15) is 36.4 Å². The van der Waals surface area contributed by atoms with Crippen LogP contribution < -0.4 is 14.8 Å². The molecule has 1 heterocycles. The van der Waals surface area contributed by atoms with E-state index in [9.17, 15) is 10.1 Å². The molecule has 1 amide bonds. The van der Waals surface area contributed by atoms with E-state index in [0.717, 1.165) is 36.3 Å². The van der Waals surface area contributed by atoms with Crippen LogP contribution in [-0.2, 0) is 9.53 Å². The minimum Gasteiger partial charge on any atom is -0.490 e. The van der Waals surface area contributed by atoms with Crippen molar-refractivity contribution in [3.8, 4) is 17.6 Å². The van der Waals surface area contributed by atoms with Gasteiger partial charge in [0.25, 0.3) is 5.91 Å². The first-order chi connectivity index (χ1) is 14.7. The van der Waals surface area contributed by atoms with Crippen LogP contribution in [0, 0.1) is 18.3 Å². The van der Waals surface area contributed by atoms with Crippen LogP contribution >= 0.6 is 0 Å². The fraction of sp³-hybridized carbons (Fsp3) is 0.333. The van der Waals surface area contributed by atoms with Gasteiger partial charge in [-0.3, -0.25) is 4.79 Å². The second-order valence-corrected chi connectivity index (χ2v) is 7.05. The van der Waals surface area contributed by atoms with Crippen molar-refractivity contribution >= 4 is 12.0 Å². The highest BCUT2D eigenvalue weighted by atomic mass is 16.5. The molecule has 0 saturated carbocycles. The zero-order valence-electron chi connectivity index (χ0n) is 17.1. The summed E-state index contributed by atoms with van der Waals surface area (Å²) in [4.78, 5) is 12.2. The van der Waals surface area contributed by atoms with Crippen molar-refractivity contribution in [2.24, 2.45) is 0 Å². The first kappa shape index (κ1) is 21.4. The van der Waals surface area contributed by atoms with Gasteiger partial charge in [-0.1, -0.05) is 30.3 Å². The number of nitrogens with one attached hydrogen (secondary N) is 1. The molecule has 0 unspecified atom stereocenters. The Morgan fingerprint density at radius 2 is 1.97 bits per heavy atom. The van der Waals surface area contributed by atoms with Crippen LogP contribution in [0.4, 0.5) is 0 Å². The molecule has 6 nitrogen and oxygen atoms in total. The molecule has 3 rings (SSSR count). The summed E-state index contributed by atoms with van der Waals surface area (Å²) in [5.41, 5.74) is 1.90. The molecule has 1 atom stereocenters. The molecule has 0 bridgehead atoms. The predicted molar refractivity (Wildman–Crippen MR) is 114 cm³/mol. The van der Waals surface area contributed by atoms with Crippen LogP contribution in [0.2, 0.25) is 0 Å². The second-order valence-electron chi connectivity index (χ2n) is 7.05. The number of ether oxygens (including phenoxy) is 3. The van der Waals surface area contributed by atoms with Crippen molar-refractivity contribution in [1.82, 2.24) is 5.32 Å². The molecule has 6 heteroatoms. The number of amides is 1. The summed E-state index contributed by atoms with van der Waals surface area (Å²) in [5, 5.41) is 12.1. The molecule has 1 N–H and O–H groups in total. The lowest BCUT2D eigenvalue weighted by Crippen LogP contribution is -2.32. The lowest BCUT2D eigenvalue weighted by molar-refractivity contribution is -0.117. The third-order valence-corrected chi connectivity index (χ3v) is 4.77. The average molecular weight is 406 g/mol. The summed E-state index contributed by atoms with van der Waals surface area (Å²) >= 11 is 0. The van der Waals surface area contributed by atoms with Gasteiger partial charge < -0.3 is 19.5 Å². The summed E-state index contributed by atoms with van der Waals surface area (Å²) in [6.45, 7) is 4.01. The van der Waals surface area contributed by atoms with Crippen molar-refractivity contribution in [2.75, 3.05) is 26.4 Å². The predicted octanol–water partition coefficient (Wildman–Crippen LogP) is 3.66. The van der Waals surface area contributed by atoms with Gasteiger partial charge in [-0.2, -0.15) is 5.26 Å². The van der Waals surface area contributed by atoms with E-state index in [4.69, 9.17) is 14.2 Å². The third kappa shape index (κ3) is 6.36. The lowest BCUT2D eigenvalue weighted by atomic mass is 10.1. The largest absolute Gasteiger partial charge is 0.490 e. The van der Waals surface area contributed by atoms with Gasteiger partial charge in [0.2, 0.25) is 0 Å². The van der Waals surface area contributed by atoms with Crippen LogP contribution in [0.25, 0.3) is 6.08 Å². The normalized spacial score (nSPS) is 16.0. The Kier molecular flexibility index (Phi) is 7.87. The fourth-order valence-electron chi connectivity index (χ4n) is 3.11. The zero-order valence-corrected chi connectivity index (χ0v) is 17.1. The molecule has 1 fully saturated rings. The zero-order chi connectivity index (χ0) is 21.2. The van der Waals surface area contributed by atoms with Crippen LogP contribution in [0.5, 0.6) is 11.5 Å². The van der Waals surface area contributed by atoms with E-state index in [0.29, 0.717) is 25.5 Å². The van der Waals surface area contributed by atoms with Gasteiger partial charge in [0, 0.05) is 13.2 Å². The lowest BCUT2D eigenvalue weighted by Gasteiger charge is -2.11. The van der Waals surface area contributed by atoms with Crippen LogP contribution in [0.15, 0.2) is 54.1 Å². The molecule has 156 valence electrons. The van der Waals surface area contributed by atoms with E-state index in [-0.39, 0.29) is 17.6 Å².